The summed E-state index contributed by atoms with van der Waals surface area (Å²) in [6.45, 7) is 34.8. The van der Waals surface area contributed by atoms with Crippen LogP contribution in [0.1, 0.15) is 132 Å². The van der Waals surface area contributed by atoms with Crippen molar-refractivity contribution in [2.75, 3.05) is 0 Å². The molecule has 0 fully saturated rings. The maximum absolute atomic E-state index is 4.16. The van der Waals surface area contributed by atoms with Gasteiger partial charge in [-0.1, -0.05) is 140 Å². The minimum atomic E-state index is 0.0210. The summed E-state index contributed by atoms with van der Waals surface area (Å²) in [7, 11) is 0. The van der Waals surface area contributed by atoms with Gasteiger partial charge in [0.1, 0.15) is 0 Å². The first-order chi connectivity index (χ1) is 17.4. The number of rotatable bonds is 2. The van der Waals surface area contributed by atoms with Gasteiger partial charge in [0.05, 0.1) is 0 Å². The highest BCUT2D eigenvalue weighted by molar-refractivity contribution is 9.10. The lowest BCUT2D eigenvalue weighted by Crippen LogP contribution is -2.17. The Balaban J connectivity index is 2.46. The molecule has 0 atom stereocenters. The van der Waals surface area contributed by atoms with Crippen LogP contribution in [-0.4, -0.2) is 0 Å². The molecule has 0 amide bonds. The Bertz CT molecular complexity index is 1190. The number of benzene rings is 3. The highest BCUT2D eigenvalue weighted by Gasteiger charge is 2.26. The maximum Gasteiger partial charge on any atom is 0.0332 e. The highest BCUT2D eigenvalue weighted by Crippen LogP contribution is 2.44. The summed E-state index contributed by atoms with van der Waals surface area (Å²) < 4.78 is 1.17. The second kappa shape index (κ2) is 10.2. The fourth-order valence-electron chi connectivity index (χ4n) is 4.78. The van der Waals surface area contributed by atoms with Crippen molar-refractivity contribution in [2.24, 2.45) is 0 Å². The van der Waals surface area contributed by atoms with E-state index in [1.54, 1.807) is 0 Å². The molecule has 3 aromatic rings. The molecule has 0 nitrogen and oxygen atoms in total. The lowest BCUT2D eigenvalue weighted by molar-refractivity contribution is 0.568. The van der Waals surface area contributed by atoms with Crippen molar-refractivity contribution in [3.63, 3.8) is 0 Å². The topological polar surface area (TPSA) is 0 Å². The first kappa shape index (κ1) is 31.7. The van der Waals surface area contributed by atoms with Crippen molar-refractivity contribution in [3.8, 4) is 22.3 Å². The molecule has 0 aliphatic carbocycles. The van der Waals surface area contributed by atoms with E-state index < -0.39 is 0 Å². The predicted molar refractivity (Wildman–Crippen MR) is 179 cm³/mol. The van der Waals surface area contributed by atoms with Crippen LogP contribution in [-0.2, 0) is 27.1 Å². The van der Waals surface area contributed by atoms with Crippen molar-refractivity contribution >= 4 is 15.9 Å². The minimum absolute atomic E-state index is 0.0210. The van der Waals surface area contributed by atoms with Crippen molar-refractivity contribution < 1.29 is 0 Å². The third-order valence-corrected chi connectivity index (χ3v) is 8.75. The van der Waals surface area contributed by atoms with Crippen molar-refractivity contribution in [1.82, 2.24) is 0 Å². The molecule has 0 saturated carbocycles. The molecule has 0 heterocycles. The molecular weight excluding hydrogens is 536 g/mol. The van der Waals surface area contributed by atoms with Gasteiger partial charge >= 0.3 is 0 Å². The Labute approximate surface area is 249 Å². The summed E-state index contributed by atoms with van der Waals surface area (Å²) in [5.41, 5.74) is 12.3. The summed E-state index contributed by atoms with van der Waals surface area (Å²) in [4.78, 5) is 0. The average Bonchev–Trinajstić information content (AvgIpc) is 2.75. The standard InChI is InChI=1S/C38H53Br/c1-34(2,3)26-16-24(17-27(20-26)35(4,5)6)31-22-30(38(13,14)15)23-32(33(31)39)25-18-28(36(7,8)9)21-29(19-25)37(10,11)12/h16-23H,1-15H3. The Morgan fingerprint density at radius 3 is 0.744 bits per heavy atom. The lowest BCUT2D eigenvalue weighted by atomic mass is 9.77. The Morgan fingerprint density at radius 1 is 0.333 bits per heavy atom. The molecule has 0 saturated heterocycles. The third-order valence-electron chi connectivity index (χ3n) is 7.89. The van der Waals surface area contributed by atoms with E-state index in [1.165, 1.54) is 54.5 Å². The Hall–Kier alpha value is -1.86. The average molecular weight is 590 g/mol. The predicted octanol–water partition coefficient (Wildman–Crippen LogP) is 12.3. The largest absolute Gasteiger partial charge is 0.0561 e. The molecule has 3 aromatic carbocycles. The van der Waals surface area contributed by atoms with Crippen LogP contribution in [0, 0.1) is 0 Å². The van der Waals surface area contributed by atoms with Gasteiger partial charge in [0, 0.05) is 4.47 Å². The molecule has 0 aromatic heterocycles. The van der Waals surface area contributed by atoms with Crippen LogP contribution in [0.2, 0.25) is 0 Å². The molecule has 0 bridgehead atoms. The zero-order valence-corrected chi connectivity index (χ0v) is 29.1. The van der Waals surface area contributed by atoms with Gasteiger partial charge in [0.2, 0.25) is 0 Å². The molecule has 0 aliphatic heterocycles. The van der Waals surface area contributed by atoms with Gasteiger partial charge in [-0.2, -0.15) is 0 Å². The molecular formula is C38H53Br. The van der Waals surface area contributed by atoms with Gasteiger partial charge in [0.15, 0.2) is 0 Å². The zero-order valence-electron chi connectivity index (χ0n) is 27.5. The smallest absolute Gasteiger partial charge is 0.0332 e. The van der Waals surface area contributed by atoms with Crippen LogP contribution in [0.25, 0.3) is 22.3 Å². The SMILES string of the molecule is CC(C)(C)c1cc(-c2cc(C(C)(C)C)cc(-c3cc(C(C)(C)C)cc(C(C)(C)C)c3)c2Br)cc(C(C)(C)C)c1. The molecule has 0 spiro atoms. The molecule has 0 unspecified atom stereocenters. The summed E-state index contributed by atoms with van der Waals surface area (Å²) in [5.74, 6) is 0. The number of halogens is 1. The second-order valence-electron chi connectivity index (χ2n) is 16.7. The van der Waals surface area contributed by atoms with Crippen LogP contribution in [0.3, 0.4) is 0 Å². The summed E-state index contributed by atoms with van der Waals surface area (Å²) in [6.07, 6.45) is 0. The molecule has 212 valence electrons. The van der Waals surface area contributed by atoms with Crippen molar-refractivity contribution in [1.29, 1.82) is 0 Å². The first-order valence-electron chi connectivity index (χ1n) is 14.6. The van der Waals surface area contributed by atoms with Gasteiger partial charge in [-0.05, 0) is 105 Å². The van der Waals surface area contributed by atoms with Crippen molar-refractivity contribution in [2.45, 2.75) is 131 Å². The Kier molecular flexibility index (Phi) is 8.28. The molecule has 0 aliphatic rings. The fraction of sp³-hybridized carbons (Fsp3) is 0.526. The van der Waals surface area contributed by atoms with Gasteiger partial charge in [0.25, 0.3) is 0 Å². The highest BCUT2D eigenvalue weighted by atomic mass is 79.9. The van der Waals surface area contributed by atoms with Crippen LogP contribution in [0.4, 0.5) is 0 Å². The Morgan fingerprint density at radius 2 is 0.538 bits per heavy atom. The number of hydrogen-bond donors (Lipinski definition) is 0. The van der Waals surface area contributed by atoms with Crippen LogP contribution in [0.5, 0.6) is 0 Å². The van der Waals surface area contributed by atoms with Gasteiger partial charge in [-0.15, -0.1) is 0 Å². The lowest BCUT2D eigenvalue weighted by Gasteiger charge is -2.29. The first-order valence-corrected chi connectivity index (χ1v) is 15.4. The van der Waals surface area contributed by atoms with E-state index in [9.17, 15) is 0 Å². The van der Waals surface area contributed by atoms with E-state index in [4.69, 9.17) is 0 Å². The quantitative estimate of drug-likeness (QED) is 0.279. The molecule has 0 radical (unpaired) electrons. The maximum atomic E-state index is 4.16. The summed E-state index contributed by atoms with van der Waals surface area (Å²) in [5, 5.41) is 0. The molecule has 3 rings (SSSR count). The monoisotopic (exact) mass is 588 g/mol. The van der Waals surface area contributed by atoms with E-state index in [2.05, 4.69) is 168 Å². The summed E-state index contributed by atoms with van der Waals surface area (Å²) >= 11 is 4.16. The van der Waals surface area contributed by atoms with E-state index in [1.807, 2.05) is 0 Å². The van der Waals surface area contributed by atoms with Crippen LogP contribution >= 0.6 is 15.9 Å². The minimum Gasteiger partial charge on any atom is -0.0561 e. The second-order valence-corrected chi connectivity index (χ2v) is 17.5. The summed E-state index contributed by atoms with van der Waals surface area (Å²) in [6, 6.07) is 19.3. The van der Waals surface area contributed by atoms with Gasteiger partial charge in [-0.25, -0.2) is 0 Å². The van der Waals surface area contributed by atoms with E-state index in [0.29, 0.717) is 0 Å². The van der Waals surface area contributed by atoms with Crippen LogP contribution < -0.4 is 0 Å². The van der Waals surface area contributed by atoms with Gasteiger partial charge < -0.3 is 0 Å². The van der Waals surface area contributed by atoms with E-state index in [-0.39, 0.29) is 27.1 Å². The number of hydrogen-bond acceptors (Lipinski definition) is 0. The fourth-order valence-corrected chi connectivity index (χ4v) is 5.46. The molecule has 1 heteroatoms. The zero-order chi connectivity index (χ0) is 29.9. The molecule has 39 heavy (non-hydrogen) atoms. The van der Waals surface area contributed by atoms with Crippen molar-refractivity contribution in [3.05, 3.63) is 80.8 Å². The van der Waals surface area contributed by atoms with Gasteiger partial charge in [-0.3, -0.25) is 0 Å². The van der Waals surface area contributed by atoms with E-state index >= 15 is 0 Å². The normalized spacial score (nSPS) is 13.6. The third kappa shape index (κ3) is 7.27. The molecule has 0 N–H and O–H groups in total. The van der Waals surface area contributed by atoms with E-state index in [0.717, 1.165) is 0 Å². The van der Waals surface area contributed by atoms with Crippen LogP contribution in [0.15, 0.2) is 53.0 Å².